The summed E-state index contributed by atoms with van der Waals surface area (Å²) in [6, 6.07) is 20.1. The smallest absolute Gasteiger partial charge is 0.220 e. The van der Waals surface area contributed by atoms with Gasteiger partial charge in [-0.05, 0) is 24.0 Å². The van der Waals surface area contributed by atoms with E-state index in [0.717, 1.165) is 31.6 Å². The van der Waals surface area contributed by atoms with Crippen molar-refractivity contribution in [2.45, 2.75) is 19.3 Å². The second-order valence-electron chi connectivity index (χ2n) is 7.63. The lowest BCUT2D eigenvalue weighted by atomic mass is 10.1. The van der Waals surface area contributed by atoms with Crippen molar-refractivity contribution in [2.75, 3.05) is 45.0 Å². The van der Waals surface area contributed by atoms with Crippen LogP contribution in [0, 0.1) is 0 Å². The molecule has 2 aromatic carbocycles. The fraction of sp³-hybridized carbons (Fsp3) is 0.435. The second kappa shape index (κ2) is 11.2. The largest absolute Gasteiger partial charge is 0.355 e. The van der Waals surface area contributed by atoms with Crippen LogP contribution in [0.2, 0.25) is 0 Å². The third-order valence-corrected chi connectivity index (χ3v) is 7.32. The zero-order valence-corrected chi connectivity index (χ0v) is 18.2. The number of rotatable bonds is 10. The molecule has 2 aromatic rings. The SMILES string of the molecule is O=C(CCc1ccccc1)NCCS(=O)(=O)N1CCN(CCc2ccccc2)CC1. The van der Waals surface area contributed by atoms with Gasteiger partial charge in [-0.3, -0.25) is 4.79 Å². The van der Waals surface area contributed by atoms with Gasteiger partial charge in [-0.2, -0.15) is 4.31 Å². The van der Waals surface area contributed by atoms with Gasteiger partial charge < -0.3 is 10.2 Å². The van der Waals surface area contributed by atoms with Crippen LogP contribution in [0.1, 0.15) is 17.5 Å². The van der Waals surface area contributed by atoms with Gasteiger partial charge in [0.25, 0.3) is 0 Å². The molecule has 0 atom stereocenters. The predicted molar refractivity (Wildman–Crippen MR) is 120 cm³/mol. The summed E-state index contributed by atoms with van der Waals surface area (Å²) in [5, 5.41) is 2.74. The van der Waals surface area contributed by atoms with E-state index in [-0.39, 0.29) is 18.2 Å². The monoisotopic (exact) mass is 429 g/mol. The number of carbonyl (C=O) groups is 1. The van der Waals surface area contributed by atoms with Crippen molar-refractivity contribution in [2.24, 2.45) is 0 Å². The summed E-state index contributed by atoms with van der Waals surface area (Å²) in [4.78, 5) is 14.3. The first-order valence-corrected chi connectivity index (χ1v) is 12.2. The van der Waals surface area contributed by atoms with Crippen molar-refractivity contribution >= 4 is 15.9 Å². The van der Waals surface area contributed by atoms with Crippen molar-refractivity contribution in [1.29, 1.82) is 0 Å². The number of nitrogens with one attached hydrogen (secondary N) is 1. The Bertz CT molecular complexity index is 880. The Balaban J connectivity index is 1.33. The van der Waals surface area contributed by atoms with Crippen LogP contribution in [-0.4, -0.2) is 68.6 Å². The lowest BCUT2D eigenvalue weighted by Crippen LogP contribution is -2.50. The molecule has 0 spiro atoms. The normalized spacial score (nSPS) is 15.7. The zero-order chi connectivity index (χ0) is 21.2. The molecule has 3 rings (SSSR count). The molecule has 1 N–H and O–H groups in total. The molecule has 1 aliphatic heterocycles. The van der Waals surface area contributed by atoms with Crippen molar-refractivity contribution < 1.29 is 13.2 Å². The highest BCUT2D eigenvalue weighted by molar-refractivity contribution is 7.89. The molecule has 1 fully saturated rings. The molecule has 1 saturated heterocycles. The third-order valence-electron chi connectivity index (χ3n) is 5.45. The Morgan fingerprint density at radius 3 is 2.00 bits per heavy atom. The molecule has 0 radical (unpaired) electrons. The van der Waals surface area contributed by atoms with E-state index in [9.17, 15) is 13.2 Å². The second-order valence-corrected chi connectivity index (χ2v) is 9.72. The minimum absolute atomic E-state index is 0.0475. The average Bonchev–Trinajstić information content (AvgIpc) is 2.78. The number of aryl methyl sites for hydroxylation is 1. The quantitative estimate of drug-likeness (QED) is 0.627. The van der Waals surface area contributed by atoms with E-state index in [1.165, 1.54) is 5.56 Å². The van der Waals surface area contributed by atoms with Gasteiger partial charge in [0.15, 0.2) is 0 Å². The van der Waals surface area contributed by atoms with Crippen LogP contribution in [0.4, 0.5) is 0 Å². The van der Waals surface area contributed by atoms with Gasteiger partial charge in [-0.15, -0.1) is 0 Å². The number of hydrogen-bond donors (Lipinski definition) is 1. The van der Waals surface area contributed by atoms with E-state index in [1.807, 2.05) is 48.5 Å². The average molecular weight is 430 g/mol. The molecule has 1 heterocycles. The highest BCUT2D eigenvalue weighted by Gasteiger charge is 2.26. The highest BCUT2D eigenvalue weighted by atomic mass is 32.2. The van der Waals surface area contributed by atoms with Crippen molar-refractivity contribution in [3.05, 3.63) is 71.8 Å². The number of hydrogen-bond acceptors (Lipinski definition) is 4. The van der Waals surface area contributed by atoms with E-state index in [1.54, 1.807) is 4.31 Å². The molecular weight excluding hydrogens is 398 g/mol. The summed E-state index contributed by atoms with van der Waals surface area (Å²) in [6.07, 6.45) is 2.00. The molecule has 1 aliphatic rings. The van der Waals surface area contributed by atoms with Gasteiger partial charge in [0, 0.05) is 45.7 Å². The van der Waals surface area contributed by atoms with E-state index < -0.39 is 10.0 Å². The molecule has 0 unspecified atom stereocenters. The Morgan fingerprint density at radius 2 is 1.40 bits per heavy atom. The standard InChI is InChI=1S/C23H31N3O3S/c27-23(12-11-21-7-3-1-4-8-21)24-14-20-30(28,29)26-18-16-25(17-19-26)15-13-22-9-5-2-6-10-22/h1-10H,11-20H2,(H,24,27). The Hall–Kier alpha value is -2.22. The van der Waals surface area contributed by atoms with E-state index in [2.05, 4.69) is 22.3 Å². The van der Waals surface area contributed by atoms with Crippen LogP contribution < -0.4 is 5.32 Å². The summed E-state index contributed by atoms with van der Waals surface area (Å²) in [7, 11) is -3.34. The van der Waals surface area contributed by atoms with Crippen molar-refractivity contribution in [3.8, 4) is 0 Å². The minimum Gasteiger partial charge on any atom is -0.355 e. The molecule has 1 amide bonds. The zero-order valence-electron chi connectivity index (χ0n) is 17.4. The van der Waals surface area contributed by atoms with Crippen LogP contribution >= 0.6 is 0 Å². The molecule has 162 valence electrons. The number of nitrogens with zero attached hydrogens (tertiary/aromatic N) is 2. The number of amides is 1. The van der Waals surface area contributed by atoms with Gasteiger partial charge >= 0.3 is 0 Å². The van der Waals surface area contributed by atoms with E-state index in [4.69, 9.17) is 0 Å². The summed E-state index contributed by atoms with van der Waals surface area (Å²) in [6.45, 7) is 3.61. The summed E-state index contributed by atoms with van der Waals surface area (Å²) in [5.41, 5.74) is 2.40. The Labute approximate surface area is 179 Å². The van der Waals surface area contributed by atoms with Crippen LogP contribution in [0.3, 0.4) is 0 Å². The molecular formula is C23H31N3O3S. The molecule has 0 aromatic heterocycles. The lowest BCUT2D eigenvalue weighted by Gasteiger charge is -2.34. The number of carbonyl (C=O) groups excluding carboxylic acids is 1. The molecule has 0 bridgehead atoms. The number of benzene rings is 2. The Morgan fingerprint density at radius 1 is 0.833 bits per heavy atom. The topological polar surface area (TPSA) is 69.7 Å². The number of piperazine rings is 1. The first-order chi connectivity index (χ1) is 14.5. The Kier molecular flexibility index (Phi) is 8.42. The van der Waals surface area contributed by atoms with Crippen LogP contribution in [0.25, 0.3) is 0 Å². The molecule has 6 nitrogen and oxygen atoms in total. The number of sulfonamides is 1. The fourth-order valence-electron chi connectivity index (χ4n) is 3.60. The van der Waals surface area contributed by atoms with Gasteiger partial charge in [-0.25, -0.2) is 8.42 Å². The first-order valence-electron chi connectivity index (χ1n) is 10.6. The van der Waals surface area contributed by atoms with E-state index in [0.29, 0.717) is 25.9 Å². The maximum absolute atomic E-state index is 12.6. The van der Waals surface area contributed by atoms with Crippen LogP contribution in [0.15, 0.2) is 60.7 Å². The first kappa shape index (κ1) is 22.5. The summed E-state index contributed by atoms with van der Waals surface area (Å²) in [5.74, 6) is -0.159. The lowest BCUT2D eigenvalue weighted by molar-refractivity contribution is -0.120. The van der Waals surface area contributed by atoms with Crippen LogP contribution in [0.5, 0.6) is 0 Å². The van der Waals surface area contributed by atoms with Gasteiger partial charge in [0.2, 0.25) is 15.9 Å². The minimum atomic E-state index is -3.34. The van der Waals surface area contributed by atoms with Gasteiger partial charge in [0.1, 0.15) is 0 Å². The fourth-order valence-corrected chi connectivity index (χ4v) is 4.94. The van der Waals surface area contributed by atoms with Crippen LogP contribution in [-0.2, 0) is 27.7 Å². The van der Waals surface area contributed by atoms with E-state index >= 15 is 0 Å². The molecule has 0 aliphatic carbocycles. The molecule has 7 heteroatoms. The highest BCUT2D eigenvalue weighted by Crippen LogP contribution is 2.09. The molecule has 30 heavy (non-hydrogen) atoms. The predicted octanol–water partition coefficient (Wildman–Crippen LogP) is 1.93. The maximum atomic E-state index is 12.6. The molecule has 0 saturated carbocycles. The third kappa shape index (κ3) is 7.23. The van der Waals surface area contributed by atoms with Crippen molar-refractivity contribution in [1.82, 2.24) is 14.5 Å². The summed E-state index contributed by atoms with van der Waals surface area (Å²) >= 11 is 0. The maximum Gasteiger partial charge on any atom is 0.220 e. The summed E-state index contributed by atoms with van der Waals surface area (Å²) < 4.78 is 26.7. The van der Waals surface area contributed by atoms with Gasteiger partial charge in [-0.1, -0.05) is 60.7 Å². The van der Waals surface area contributed by atoms with Gasteiger partial charge in [0.05, 0.1) is 5.75 Å². The van der Waals surface area contributed by atoms with Crippen molar-refractivity contribution in [3.63, 3.8) is 0 Å².